The fourth-order valence-corrected chi connectivity index (χ4v) is 6.47. The van der Waals surface area contributed by atoms with Gasteiger partial charge in [-0.05, 0) is 36.6 Å². The third kappa shape index (κ3) is 3.87. The summed E-state index contributed by atoms with van der Waals surface area (Å²) >= 11 is 2.37. The van der Waals surface area contributed by atoms with Gasteiger partial charge in [-0.2, -0.15) is 0 Å². The molecule has 5 rings (SSSR count). The Labute approximate surface area is 200 Å². The Kier molecular flexibility index (Phi) is 5.88. The summed E-state index contributed by atoms with van der Waals surface area (Å²) in [6.07, 6.45) is 1.50. The van der Waals surface area contributed by atoms with Crippen LogP contribution in [-0.4, -0.2) is 33.8 Å². The number of aromatic amines is 1. The molecule has 2 N–H and O–H groups in total. The van der Waals surface area contributed by atoms with Crippen LogP contribution in [-0.2, 0) is 9.48 Å². The number of carboxylic acid groups (broad SMARTS) is 1. The van der Waals surface area contributed by atoms with Crippen molar-refractivity contribution in [2.24, 2.45) is 0 Å². The summed E-state index contributed by atoms with van der Waals surface area (Å²) in [7, 11) is 0. The molecule has 7 nitrogen and oxygen atoms in total. The Morgan fingerprint density at radius 1 is 1.15 bits per heavy atom. The van der Waals surface area contributed by atoms with Crippen LogP contribution < -0.4 is 11.2 Å². The van der Waals surface area contributed by atoms with Crippen molar-refractivity contribution in [1.29, 1.82) is 0 Å². The molecule has 0 spiro atoms. The number of carbonyl (C=O) groups is 1. The molecule has 1 fully saturated rings. The molecule has 1 saturated heterocycles. The molecule has 0 amide bonds. The molecular weight excluding hydrogens is 479 g/mol. The van der Waals surface area contributed by atoms with Gasteiger partial charge in [0.2, 0.25) is 0 Å². The number of carboxylic acids is 1. The van der Waals surface area contributed by atoms with Crippen molar-refractivity contribution in [1.82, 2.24) is 9.55 Å². The second kappa shape index (κ2) is 8.86. The highest BCUT2D eigenvalue weighted by Gasteiger charge is 2.36. The first kappa shape index (κ1) is 22.6. The number of halogens is 1. The van der Waals surface area contributed by atoms with Crippen molar-refractivity contribution in [2.45, 2.75) is 22.5 Å². The van der Waals surface area contributed by atoms with E-state index in [4.69, 9.17) is 4.74 Å². The van der Waals surface area contributed by atoms with Gasteiger partial charge in [0.05, 0.1) is 16.6 Å². The first-order valence-corrected chi connectivity index (χ1v) is 12.2. The summed E-state index contributed by atoms with van der Waals surface area (Å²) in [4.78, 5) is 40.4. The van der Waals surface area contributed by atoms with Gasteiger partial charge in [-0.15, -0.1) is 23.1 Å². The average molecular weight is 499 g/mol. The Hall–Kier alpha value is -3.21. The van der Waals surface area contributed by atoms with Gasteiger partial charge in [0.25, 0.3) is 5.56 Å². The number of hydrogen-bond acceptors (Lipinski definition) is 6. The van der Waals surface area contributed by atoms with E-state index in [1.165, 1.54) is 17.5 Å². The Bertz CT molecular complexity index is 1500. The molecule has 34 heavy (non-hydrogen) atoms. The molecule has 1 aliphatic rings. The van der Waals surface area contributed by atoms with Gasteiger partial charge in [-0.1, -0.05) is 30.3 Å². The first-order valence-electron chi connectivity index (χ1n) is 10.5. The molecular formula is C24H19FN2O5S2. The number of nitrogens with zero attached hydrogens (tertiary/aromatic N) is 1. The molecule has 0 radical (unpaired) electrons. The van der Waals surface area contributed by atoms with Crippen LogP contribution in [0.5, 0.6) is 0 Å². The van der Waals surface area contributed by atoms with Crippen molar-refractivity contribution in [3.63, 3.8) is 0 Å². The Balaban J connectivity index is 1.64. The number of H-pyrrole nitrogens is 1. The van der Waals surface area contributed by atoms with Crippen molar-refractivity contribution >= 4 is 40.0 Å². The molecule has 4 aromatic rings. The second-order valence-corrected chi connectivity index (χ2v) is 10.3. The fraction of sp³-hybridized carbons (Fsp3) is 0.208. The maximum atomic E-state index is 14.9. The van der Waals surface area contributed by atoms with Crippen LogP contribution in [0.1, 0.15) is 28.1 Å². The van der Waals surface area contributed by atoms with Gasteiger partial charge in [0.15, 0.2) is 0 Å². The lowest BCUT2D eigenvalue weighted by Crippen LogP contribution is -2.34. The molecule has 2 aromatic carbocycles. The monoisotopic (exact) mass is 498 g/mol. The molecule has 3 heterocycles. The van der Waals surface area contributed by atoms with Crippen LogP contribution in [0.4, 0.5) is 4.39 Å². The lowest BCUT2D eigenvalue weighted by atomic mass is 9.90. The van der Waals surface area contributed by atoms with E-state index in [1.807, 2.05) is 18.2 Å². The van der Waals surface area contributed by atoms with E-state index < -0.39 is 23.0 Å². The number of thiophene rings is 1. The van der Waals surface area contributed by atoms with E-state index >= 15 is 0 Å². The topological polar surface area (TPSA) is 101 Å². The number of aromatic nitrogens is 2. The molecule has 0 atom stereocenters. The highest BCUT2D eigenvalue weighted by atomic mass is 32.2. The summed E-state index contributed by atoms with van der Waals surface area (Å²) in [6, 6.07) is 14.3. The summed E-state index contributed by atoms with van der Waals surface area (Å²) in [5, 5.41) is 10.7. The van der Waals surface area contributed by atoms with Gasteiger partial charge in [-0.25, -0.2) is 18.5 Å². The highest BCUT2D eigenvalue weighted by molar-refractivity contribution is 8.00. The molecule has 1 aliphatic heterocycles. The van der Waals surface area contributed by atoms with Crippen LogP contribution >= 0.6 is 23.1 Å². The van der Waals surface area contributed by atoms with Crippen LogP contribution in [0.3, 0.4) is 0 Å². The van der Waals surface area contributed by atoms with Crippen molar-refractivity contribution in [3.05, 3.63) is 91.0 Å². The molecule has 0 unspecified atom stereocenters. The van der Waals surface area contributed by atoms with Crippen molar-refractivity contribution in [3.8, 4) is 5.69 Å². The third-order valence-corrected chi connectivity index (χ3v) is 8.41. The summed E-state index contributed by atoms with van der Waals surface area (Å²) < 4.78 is 20.9. The fourth-order valence-electron chi connectivity index (χ4n) is 4.26. The molecule has 0 aliphatic carbocycles. The normalized spacial score (nSPS) is 15.4. The molecule has 10 heteroatoms. The van der Waals surface area contributed by atoms with E-state index in [2.05, 4.69) is 17.1 Å². The number of thioether (sulfide) groups is 1. The summed E-state index contributed by atoms with van der Waals surface area (Å²) in [5.74, 6) is -2.05. The minimum absolute atomic E-state index is 0.116. The predicted octanol–water partition coefficient (Wildman–Crippen LogP) is 4.38. The van der Waals surface area contributed by atoms with Gasteiger partial charge in [0.1, 0.15) is 10.7 Å². The van der Waals surface area contributed by atoms with Crippen molar-refractivity contribution < 1.29 is 19.0 Å². The van der Waals surface area contributed by atoms with Crippen LogP contribution in [0.2, 0.25) is 0 Å². The number of nitrogens with one attached hydrogen (secondary N) is 1. The van der Waals surface area contributed by atoms with Crippen LogP contribution in [0.15, 0.2) is 68.4 Å². The van der Waals surface area contributed by atoms with Gasteiger partial charge < -0.3 is 14.8 Å². The van der Waals surface area contributed by atoms with E-state index in [9.17, 15) is 23.9 Å². The smallest absolute Gasteiger partial charge is 0.346 e. The minimum Gasteiger partial charge on any atom is -0.477 e. The standard InChI is InChI=1S/C24H19FN2O5S2/c25-16-7-6-15(34-24(8-10-32-11-9-24)14-4-2-1-3-5-14)12-18(16)27-21(28)19-17(26-23(27)31)13-33-20(19)22(29)30/h1-7,12-13H,8-11H2,(H,26,31)(H,29,30). The maximum absolute atomic E-state index is 14.9. The van der Waals surface area contributed by atoms with Gasteiger partial charge in [0, 0.05) is 28.2 Å². The third-order valence-electron chi connectivity index (χ3n) is 5.92. The highest BCUT2D eigenvalue weighted by Crippen LogP contribution is 2.48. The molecule has 0 bridgehead atoms. The van der Waals surface area contributed by atoms with Crippen LogP contribution in [0, 0.1) is 5.82 Å². The SMILES string of the molecule is O=C(O)c1scc2[nH]c(=O)n(-c3cc(SC4(c5ccccc5)CCOCC4)ccc3F)c(=O)c12. The molecule has 0 saturated carbocycles. The Morgan fingerprint density at radius 3 is 2.59 bits per heavy atom. The second-order valence-electron chi connectivity index (χ2n) is 7.92. The maximum Gasteiger partial charge on any atom is 0.346 e. The summed E-state index contributed by atoms with van der Waals surface area (Å²) in [5.41, 5.74) is -0.699. The van der Waals surface area contributed by atoms with Crippen molar-refractivity contribution in [2.75, 3.05) is 13.2 Å². The lowest BCUT2D eigenvalue weighted by Gasteiger charge is -2.37. The zero-order chi connectivity index (χ0) is 23.9. The zero-order valence-corrected chi connectivity index (χ0v) is 19.4. The number of aromatic carboxylic acids is 1. The number of rotatable bonds is 5. The number of benzene rings is 2. The average Bonchev–Trinajstić information content (AvgIpc) is 3.27. The van der Waals surface area contributed by atoms with E-state index in [-0.39, 0.29) is 26.2 Å². The lowest BCUT2D eigenvalue weighted by molar-refractivity contribution is 0.0703. The quantitative estimate of drug-likeness (QED) is 0.424. The van der Waals surface area contributed by atoms with Crippen LogP contribution in [0.25, 0.3) is 16.6 Å². The largest absolute Gasteiger partial charge is 0.477 e. The Morgan fingerprint density at radius 2 is 1.88 bits per heavy atom. The molecule has 174 valence electrons. The number of hydrogen-bond donors (Lipinski definition) is 2. The van der Waals surface area contributed by atoms with Gasteiger partial charge in [-0.3, -0.25) is 4.79 Å². The number of fused-ring (bicyclic) bond motifs is 1. The number of ether oxygens (including phenoxy) is 1. The predicted molar refractivity (Wildman–Crippen MR) is 129 cm³/mol. The van der Waals surface area contributed by atoms with E-state index in [0.717, 1.165) is 29.7 Å². The van der Waals surface area contributed by atoms with E-state index in [0.29, 0.717) is 22.7 Å². The van der Waals surface area contributed by atoms with E-state index in [1.54, 1.807) is 17.8 Å². The zero-order valence-electron chi connectivity index (χ0n) is 17.7. The summed E-state index contributed by atoms with van der Waals surface area (Å²) in [6.45, 7) is 1.17. The molecule has 2 aromatic heterocycles. The first-order chi connectivity index (χ1) is 16.4. The minimum atomic E-state index is -1.29. The van der Waals surface area contributed by atoms with Gasteiger partial charge >= 0.3 is 11.7 Å².